The van der Waals surface area contributed by atoms with Crippen LogP contribution in [0.3, 0.4) is 0 Å². The molecule has 0 unspecified atom stereocenters. The quantitative estimate of drug-likeness (QED) is 0.508. The Morgan fingerprint density at radius 2 is 1.86 bits per heavy atom. The predicted molar refractivity (Wildman–Crippen MR) is 115 cm³/mol. The number of hydrogen-bond donors (Lipinski definition) is 1. The van der Waals surface area contributed by atoms with Crippen LogP contribution in [0.2, 0.25) is 0 Å². The highest BCUT2D eigenvalue weighted by molar-refractivity contribution is 6.01. The van der Waals surface area contributed by atoms with E-state index in [4.69, 9.17) is 9.40 Å². The van der Waals surface area contributed by atoms with Crippen molar-refractivity contribution in [1.82, 2.24) is 14.9 Å². The maximum absolute atomic E-state index is 12.6. The minimum atomic E-state index is -0.210. The molecular formula is C24H25N3O2. The maximum Gasteiger partial charge on any atom is 0.294 e. The number of benzene rings is 2. The van der Waals surface area contributed by atoms with Crippen molar-refractivity contribution in [3.8, 4) is 0 Å². The fraction of sp³-hybridized carbons (Fsp3) is 0.333. The molecule has 2 aromatic heterocycles. The molecule has 0 radical (unpaired) electrons. The summed E-state index contributed by atoms with van der Waals surface area (Å²) in [5, 5.41) is 0.886. The zero-order valence-corrected chi connectivity index (χ0v) is 16.8. The van der Waals surface area contributed by atoms with E-state index in [1.807, 2.05) is 24.3 Å². The fourth-order valence-electron chi connectivity index (χ4n) is 3.91. The van der Waals surface area contributed by atoms with E-state index in [-0.39, 0.29) is 5.56 Å². The summed E-state index contributed by atoms with van der Waals surface area (Å²) in [6, 6.07) is 17.1. The minimum absolute atomic E-state index is 0.210. The van der Waals surface area contributed by atoms with Gasteiger partial charge in [-0.2, -0.15) is 0 Å². The topological polar surface area (TPSA) is 62.1 Å². The molecule has 0 atom stereocenters. The third kappa shape index (κ3) is 3.58. The lowest BCUT2D eigenvalue weighted by atomic mass is 10.0. The van der Waals surface area contributed by atoms with Gasteiger partial charge in [0.25, 0.3) is 5.56 Å². The van der Waals surface area contributed by atoms with Gasteiger partial charge in [-0.25, -0.2) is 4.98 Å². The highest BCUT2D eigenvalue weighted by Crippen LogP contribution is 2.30. The van der Waals surface area contributed by atoms with E-state index in [1.54, 1.807) is 0 Å². The summed E-state index contributed by atoms with van der Waals surface area (Å²) >= 11 is 0. The molecule has 0 amide bonds. The Morgan fingerprint density at radius 3 is 2.59 bits per heavy atom. The summed E-state index contributed by atoms with van der Waals surface area (Å²) in [5.41, 5.74) is 4.09. The number of furan rings is 1. The van der Waals surface area contributed by atoms with Gasteiger partial charge in [-0.3, -0.25) is 9.69 Å². The van der Waals surface area contributed by atoms with E-state index in [0.717, 1.165) is 11.9 Å². The fourth-order valence-corrected chi connectivity index (χ4v) is 3.91. The second kappa shape index (κ2) is 7.16. The number of rotatable bonds is 6. The van der Waals surface area contributed by atoms with Gasteiger partial charge < -0.3 is 9.40 Å². The van der Waals surface area contributed by atoms with Crippen molar-refractivity contribution in [3.05, 3.63) is 75.8 Å². The van der Waals surface area contributed by atoms with Gasteiger partial charge in [0.15, 0.2) is 0 Å². The predicted octanol–water partition coefficient (Wildman–Crippen LogP) is 4.96. The number of nitrogens with zero attached hydrogens (tertiary/aromatic N) is 2. The van der Waals surface area contributed by atoms with Crippen molar-refractivity contribution in [3.63, 3.8) is 0 Å². The van der Waals surface area contributed by atoms with Crippen LogP contribution in [0.4, 0.5) is 0 Å². The third-order valence-electron chi connectivity index (χ3n) is 5.73. The van der Waals surface area contributed by atoms with Crippen LogP contribution in [0.15, 0.2) is 57.7 Å². The Balaban J connectivity index is 1.44. The summed E-state index contributed by atoms with van der Waals surface area (Å²) < 4.78 is 5.71. The molecule has 5 heteroatoms. The molecule has 1 aliphatic rings. The molecule has 5 rings (SSSR count). The monoisotopic (exact) mass is 387 g/mol. The first kappa shape index (κ1) is 18.1. The molecule has 0 spiro atoms. The normalized spacial score (nSPS) is 14.5. The van der Waals surface area contributed by atoms with Crippen molar-refractivity contribution in [1.29, 1.82) is 0 Å². The van der Waals surface area contributed by atoms with Crippen molar-refractivity contribution < 1.29 is 4.42 Å². The van der Waals surface area contributed by atoms with Gasteiger partial charge in [0.2, 0.25) is 5.58 Å². The van der Waals surface area contributed by atoms with E-state index in [0.29, 0.717) is 41.0 Å². The van der Waals surface area contributed by atoms with Crippen molar-refractivity contribution in [2.24, 2.45) is 0 Å². The molecule has 1 saturated carbocycles. The van der Waals surface area contributed by atoms with Crippen LogP contribution in [0.5, 0.6) is 0 Å². The van der Waals surface area contributed by atoms with E-state index in [1.165, 1.54) is 24.0 Å². The SMILES string of the molecule is CC(C)c1ccc(CN(Cc2nc3c(oc4ccccc43)c(=O)[nH]2)C2CC2)cc1. The number of aromatic nitrogens is 2. The molecule has 2 aromatic carbocycles. The molecule has 1 aliphatic carbocycles. The average molecular weight is 387 g/mol. The maximum atomic E-state index is 12.6. The van der Waals surface area contributed by atoms with Crippen LogP contribution < -0.4 is 5.56 Å². The lowest BCUT2D eigenvalue weighted by Crippen LogP contribution is -2.27. The van der Waals surface area contributed by atoms with Gasteiger partial charge >= 0.3 is 0 Å². The lowest BCUT2D eigenvalue weighted by molar-refractivity contribution is 0.239. The van der Waals surface area contributed by atoms with Crippen LogP contribution in [0, 0.1) is 0 Å². The summed E-state index contributed by atoms with van der Waals surface area (Å²) in [4.78, 5) is 22.7. The second-order valence-electron chi connectivity index (χ2n) is 8.32. The van der Waals surface area contributed by atoms with Crippen molar-refractivity contribution in [2.45, 2.75) is 51.7 Å². The summed E-state index contributed by atoms with van der Waals surface area (Å²) in [7, 11) is 0. The summed E-state index contributed by atoms with van der Waals surface area (Å²) in [5.74, 6) is 1.23. The first-order chi connectivity index (χ1) is 14.1. The number of H-pyrrole nitrogens is 1. The van der Waals surface area contributed by atoms with E-state index >= 15 is 0 Å². The molecule has 1 N–H and O–H groups in total. The molecule has 0 saturated heterocycles. The molecule has 148 valence electrons. The molecular weight excluding hydrogens is 362 g/mol. The average Bonchev–Trinajstić information content (AvgIpc) is 3.49. The minimum Gasteiger partial charge on any atom is -0.449 e. The first-order valence-corrected chi connectivity index (χ1v) is 10.3. The Bertz CT molecular complexity index is 1220. The van der Waals surface area contributed by atoms with Gasteiger partial charge in [-0.05, 0) is 42.0 Å². The van der Waals surface area contributed by atoms with Gasteiger partial charge in [-0.1, -0.05) is 50.2 Å². The van der Waals surface area contributed by atoms with Gasteiger partial charge in [0, 0.05) is 18.0 Å². The molecule has 0 aliphatic heterocycles. The first-order valence-electron chi connectivity index (χ1n) is 10.3. The van der Waals surface area contributed by atoms with Crippen molar-refractivity contribution >= 4 is 22.1 Å². The Kier molecular flexibility index (Phi) is 4.47. The highest BCUT2D eigenvalue weighted by Gasteiger charge is 2.29. The lowest BCUT2D eigenvalue weighted by Gasteiger charge is -2.21. The van der Waals surface area contributed by atoms with Crippen LogP contribution in [-0.4, -0.2) is 20.9 Å². The zero-order valence-electron chi connectivity index (χ0n) is 16.8. The largest absolute Gasteiger partial charge is 0.449 e. The zero-order chi connectivity index (χ0) is 20.0. The van der Waals surface area contributed by atoms with Crippen LogP contribution >= 0.6 is 0 Å². The van der Waals surface area contributed by atoms with Crippen LogP contribution in [0.25, 0.3) is 22.1 Å². The standard InChI is InChI=1S/C24H25N3O2/c1-15(2)17-9-7-16(8-10-17)13-27(18-11-12-18)14-21-25-22-19-5-3-4-6-20(19)29-23(22)24(28)26-21/h3-10,15,18H,11-14H2,1-2H3,(H,25,26,28). The Labute approximate surface area is 169 Å². The smallest absolute Gasteiger partial charge is 0.294 e. The molecule has 0 bridgehead atoms. The van der Waals surface area contributed by atoms with Crippen molar-refractivity contribution in [2.75, 3.05) is 0 Å². The van der Waals surface area contributed by atoms with Crippen LogP contribution in [-0.2, 0) is 13.1 Å². The van der Waals surface area contributed by atoms with Gasteiger partial charge in [-0.15, -0.1) is 0 Å². The number of nitrogens with one attached hydrogen (secondary N) is 1. The number of hydrogen-bond acceptors (Lipinski definition) is 4. The second-order valence-corrected chi connectivity index (χ2v) is 8.32. The third-order valence-corrected chi connectivity index (χ3v) is 5.73. The molecule has 1 fully saturated rings. The van der Waals surface area contributed by atoms with Crippen LogP contribution in [0.1, 0.15) is 49.6 Å². The van der Waals surface area contributed by atoms with Gasteiger partial charge in [0.05, 0.1) is 6.54 Å². The number of fused-ring (bicyclic) bond motifs is 3. The summed E-state index contributed by atoms with van der Waals surface area (Å²) in [6.07, 6.45) is 2.40. The number of para-hydroxylation sites is 1. The van der Waals surface area contributed by atoms with E-state index < -0.39 is 0 Å². The summed E-state index contributed by atoms with van der Waals surface area (Å²) in [6.45, 7) is 5.91. The number of aromatic amines is 1. The molecule has 29 heavy (non-hydrogen) atoms. The Hall–Kier alpha value is -2.92. The molecule has 5 nitrogen and oxygen atoms in total. The van der Waals surface area contributed by atoms with E-state index in [2.05, 4.69) is 48.0 Å². The molecule has 2 heterocycles. The Morgan fingerprint density at radius 1 is 1.10 bits per heavy atom. The highest BCUT2D eigenvalue weighted by atomic mass is 16.3. The molecule has 4 aromatic rings. The van der Waals surface area contributed by atoms with E-state index in [9.17, 15) is 4.79 Å². The van der Waals surface area contributed by atoms with Gasteiger partial charge in [0.1, 0.15) is 16.9 Å².